The van der Waals surface area contributed by atoms with Crippen LogP contribution in [-0.4, -0.2) is 21.9 Å². The van der Waals surface area contributed by atoms with Gasteiger partial charge in [0.1, 0.15) is 17.3 Å². The van der Waals surface area contributed by atoms with Crippen LogP contribution in [0, 0.1) is 0 Å². The Morgan fingerprint density at radius 3 is 3.00 bits per heavy atom. The van der Waals surface area contributed by atoms with Gasteiger partial charge in [-0.2, -0.15) is 0 Å². The molecule has 88 valence electrons. The van der Waals surface area contributed by atoms with Gasteiger partial charge in [-0.3, -0.25) is 4.79 Å². The first-order valence-corrected chi connectivity index (χ1v) is 5.55. The van der Waals surface area contributed by atoms with Crippen LogP contribution in [0.2, 0.25) is 5.15 Å². The van der Waals surface area contributed by atoms with Gasteiger partial charge in [0.05, 0.1) is 6.04 Å². The number of aromatic nitrogens is 2. The summed E-state index contributed by atoms with van der Waals surface area (Å²) in [6.07, 6.45) is 3.90. The molecule has 0 aliphatic heterocycles. The van der Waals surface area contributed by atoms with Crippen LogP contribution in [0.25, 0.3) is 0 Å². The van der Waals surface area contributed by atoms with Crippen LogP contribution < -0.4 is 11.1 Å². The molecule has 1 unspecified atom stereocenters. The van der Waals surface area contributed by atoms with Crippen molar-refractivity contribution >= 4 is 23.3 Å². The summed E-state index contributed by atoms with van der Waals surface area (Å²) in [5.74, 6) is 0.125. The highest BCUT2D eigenvalue weighted by atomic mass is 35.5. The number of anilines is 1. The van der Waals surface area contributed by atoms with Crippen molar-refractivity contribution in [2.24, 2.45) is 5.73 Å². The molecule has 0 radical (unpaired) electrons. The van der Waals surface area contributed by atoms with Gasteiger partial charge in [-0.25, -0.2) is 9.97 Å². The minimum Gasteiger partial charge on any atom is -0.320 e. The van der Waals surface area contributed by atoms with E-state index < -0.39 is 6.04 Å². The van der Waals surface area contributed by atoms with Crippen molar-refractivity contribution in [3.8, 4) is 0 Å². The van der Waals surface area contributed by atoms with Crippen molar-refractivity contribution in [3.63, 3.8) is 0 Å². The fraction of sp³-hybridized carbons (Fsp3) is 0.500. The number of unbranched alkanes of at least 4 members (excludes halogenated alkanes) is 1. The normalized spacial score (nSPS) is 12.2. The van der Waals surface area contributed by atoms with E-state index in [9.17, 15) is 4.79 Å². The summed E-state index contributed by atoms with van der Waals surface area (Å²) in [6, 6.07) is 0.972. The first-order chi connectivity index (χ1) is 7.63. The molecule has 0 aliphatic carbocycles. The van der Waals surface area contributed by atoms with E-state index in [2.05, 4.69) is 22.2 Å². The summed E-state index contributed by atoms with van der Waals surface area (Å²) in [7, 11) is 0. The third kappa shape index (κ3) is 4.12. The summed E-state index contributed by atoms with van der Waals surface area (Å²) in [5, 5.41) is 2.88. The molecule has 1 aromatic rings. The second-order valence-corrected chi connectivity index (χ2v) is 3.85. The lowest BCUT2D eigenvalue weighted by Gasteiger charge is -2.10. The summed E-state index contributed by atoms with van der Waals surface area (Å²) in [5.41, 5.74) is 5.70. The predicted molar refractivity (Wildman–Crippen MR) is 63.2 cm³/mol. The van der Waals surface area contributed by atoms with Gasteiger partial charge < -0.3 is 11.1 Å². The Morgan fingerprint density at radius 1 is 1.62 bits per heavy atom. The predicted octanol–water partition coefficient (Wildman–Crippen LogP) is 1.59. The third-order valence-corrected chi connectivity index (χ3v) is 2.30. The molecule has 0 aliphatic rings. The smallest absolute Gasteiger partial charge is 0.242 e. The highest BCUT2D eigenvalue weighted by Gasteiger charge is 2.13. The molecule has 1 atom stereocenters. The van der Waals surface area contributed by atoms with Gasteiger partial charge >= 0.3 is 0 Å². The molecule has 16 heavy (non-hydrogen) atoms. The number of nitrogens with two attached hydrogens (primary N) is 1. The Hall–Kier alpha value is -1.20. The summed E-state index contributed by atoms with van der Waals surface area (Å²) < 4.78 is 0. The molecule has 0 saturated heterocycles. The van der Waals surface area contributed by atoms with Crippen molar-refractivity contribution in [2.75, 3.05) is 5.32 Å². The monoisotopic (exact) mass is 242 g/mol. The molecule has 1 heterocycles. The van der Waals surface area contributed by atoms with E-state index >= 15 is 0 Å². The van der Waals surface area contributed by atoms with Crippen molar-refractivity contribution in [1.29, 1.82) is 0 Å². The van der Waals surface area contributed by atoms with Gasteiger partial charge in [0, 0.05) is 6.07 Å². The molecular weight excluding hydrogens is 228 g/mol. The lowest BCUT2D eigenvalue weighted by atomic mass is 10.1. The van der Waals surface area contributed by atoms with Crippen LogP contribution in [0.5, 0.6) is 0 Å². The summed E-state index contributed by atoms with van der Waals surface area (Å²) >= 11 is 5.66. The molecule has 6 heteroatoms. The van der Waals surface area contributed by atoms with Crippen LogP contribution in [0.15, 0.2) is 12.4 Å². The van der Waals surface area contributed by atoms with E-state index in [0.717, 1.165) is 12.8 Å². The minimum absolute atomic E-state index is 0.247. The number of nitrogens with one attached hydrogen (secondary N) is 1. The number of nitrogens with zero attached hydrogens (tertiary/aromatic N) is 2. The van der Waals surface area contributed by atoms with Gasteiger partial charge in [-0.1, -0.05) is 31.4 Å². The van der Waals surface area contributed by atoms with Crippen molar-refractivity contribution in [2.45, 2.75) is 32.2 Å². The number of hydrogen-bond donors (Lipinski definition) is 2. The number of halogens is 1. The second kappa shape index (κ2) is 6.40. The van der Waals surface area contributed by atoms with E-state index in [4.69, 9.17) is 17.3 Å². The zero-order valence-electron chi connectivity index (χ0n) is 9.11. The van der Waals surface area contributed by atoms with E-state index in [1.54, 1.807) is 0 Å². The highest BCUT2D eigenvalue weighted by Crippen LogP contribution is 2.09. The van der Waals surface area contributed by atoms with E-state index in [1.165, 1.54) is 12.4 Å². The molecule has 0 fully saturated rings. The Balaban J connectivity index is 2.50. The number of amides is 1. The number of hydrogen-bond acceptors (Lipinski definition) is 4. The highest BCUT2D eigenvalue weighted by molar-refractivity contribution is 6.29. The fourth-order valence-electron chi connectivity index (χ4n) is 1.18. The largest absolute Gasteiger partial charge is 0.320 e. The van der Waals surface area contributed by atoms with Crippen molar-refractivity contribution in [3.05, 3.63) is 17.5 Å². The Labute approximate surface area is 99.4 Å². The van der Waals surface area contributed by atoms with E-state index in [1.807, 2.05) is 0 Å². The molecule has 0 saturated carbocycles. The zero-order chi connectivity index (χ0) is 12.0. The first kappa shape index (κ1) is 12.9. The van der Waals surface area contributed by atoms with Gasteiger partial charge in [0.25, 0.3) is 0 Å². The average molecular weight is 243 g/mol. The molecule has 5 nitrogen and oxygen atoms in total. The average Bonchev–Trinajstić information content (AvgIpc) is 2.25. The molecule has 0 spiro atoms. The number of rotatable bonds is 5. The quantitative estimate of drug-likeness (QED) is 0.769. The van der Waals surface area contributed by atoms with Gasteiger partial charge in [-0.05, 0) is 6.42 Å². The zero-order valence-corrected chi connectivity index (χ0v) is 9.87. The maximum atomic E-state index is 11.6. The molecule has 1 rings (SSSR count). The fourth-order valence-corrected chi connectivity index (χ4v) is 1.32. The van der Waals surface area contributed by atoms with Gasteiger partial charge in [0.2, 0.25) is 5.91 Å². The van der Waals surface area contributed by atoms with Crippen molar-refractivity contribution in [1.82, 2.24) is 9.97 Å². The first-order valence-electron chi connectivity index (χ1n) is 5.17. The second-order valence-electron chi connectivity index (χ2n) is 3.46. The Kier molecular flexibility index (Phi) is 5.14. The number of carbonyl (C=O) groups excluding carboxylic acids is 1. The Bertz CT molecular complexity index is 358. The minimum atomic E-state index is -0.506. The standard InChI is InChI=1S/C10H15ClN4O/c1-2-3-4-7(12)10(16)15-9-5-8(11)13-6-14-9/h5-7H,2-4,12H2,1H3,(H,13,14,15,16). The van der Waals surface area contributed by atoms with E-state index in [-0.39, 0.29) is 11.1 Å². The molecule has 0 bridgehead atoms. The summed E-state index contributed by atoms with van der Waals surface area (Å²) in [4.78, 5) is 19.2. The SMILES string of the molecule is CCCCC(N)C(=O)Nc1cc(Cl)ncn1. The van der Waals surface area contributed by atoms with Crippen LogP contribution in [0.3, 0.4) is 0 Å². The third-order valence-electron chi connectivity index (χ3n) is 2.09. The van der Waals surface area contributed by atoms with Gasteiger partial charge in [0.15, 0.2) is 0 Å². The topological polar surface area (TPSA) is 80.9 Å². The maximum absolute atomic E-state index is 11.6. The lowest BCUT2D eigenvalue weighted by molar-refractivity contribution is -0.117. The van der Waals surface area contributed by atoms with Crippen LogP contribution >= 0.6 is 11.6 Å². The summed E-state index contributed by atoms with van der Waals surface area (Å²) in [6.45, 7) is 2.05. The molecule has 3 N–H and O–H groups in total. The van der Waals surface area contributed by atoms with Gasteiger partial charge in [-0.15, -0.1) is 0 Å². The van der Waals surface area contributed by atoms with Crippen LogP contribution in [-0.2, 0) is 4.79 Å². The lowest BCUT2D eigenvalue weighted by Crippen LogP contribution is -2.35. The number of carbonyl (C=O) groups is 1. The maximum Gasteiger partial charge on any atom is 0.242 e. The molecular formula is C10H15ClN4O. The Morgan fingerprint density at radius 2 is 2.38 bits per heavy atom. The molecule has 0 aromatic carbocycles. The van der Waals surface area contributed by atoms with Crippen LogP contribution in [0.4, 0.5) is 5.82 Å². The molecule has 1 amide bonds. The van der Waals surface area contributed by atoms with Crippen molar-refractivity contribution < 1.29 is 4.79 Å². The van der Waals surface area contributed by atoms with Crippen LogP contribution in [0.1, 0.15) is 26.2 Å². The van der Waals surface area contributed by atoms with E-state index in [0.29, 0.717) is 12.2 Å². The molecule has 1 aromatic heterocycles.